The Morgan fingerprint density at radius 3 is 1.03 bits per heavy atom. The molecule has 2 heteroatoms. The van der Waals surface area contributed by atoms with Gasteiger partial charge in [0.25, 0.3) is 0 Å². The Labute approximate surface area is 360 Å². The van der Waals surface area contributed by atoms with E-state index >= 15 is 0 Å². The summed E-state index contributed by atoms with van der Waals surface area (Å²) < 4.78 is 4.76. The molecule has 0 N–H and O–H groups in total. The third-order valence-corrected chi connectivity index (χ3v) is 12.6. The lowest BCUT2D eigenvalue weighted by molar-refractivity contribution is 1.18. The summed E-state index contributed by atoms with van der Waals surface area (Å²) in [4.78, 5) is 0. The summed E-state index contributed by atoms with van der Waals surface area (Å²) in [7, 11) is 0. The van der Waals surface area contributed by atoms with Gasteiger partial charge >= 0.3 is 0 Å². The minimum absolute atomic E-state index is 1.14. The van der Waals surface area contributed by atoms with Crippen molar-refractivity contribution in [2.75, 3.05) is 0 Å². The normalized spacial score (nSPS) is 11.5. The van der Waals surface area contributed by atoms with E-state index in [1.807, 2.05) is 0 Å². The zero-order valence-electron chi connectivity index (χ0n) is 34.0. The van der Waals surface area contributed by atoms with E-state index in [2.05, 4.69) is 252 Å². The smallest absolute Gasteiger partial charge is 0.0541 e. The second kappa shape index (κ2) is 14.8. The number of benzene rings is 10. The average Bonchev–Trinajstić information content (AvgIpc) is 3.87. The van der Waals surface area contributed by atoms with Crippen LogP contribution >= 0.6 is 0 Å². The molecule has 2 aromatic heterocycles. The quantitative estimate of drug-likeness (QED) is 0.152. The van der Waals surface area contributed by atoms with Gasteiger partial charge in [0.1, 0.15) is 0 Å². The van der Waals surface area contributed by atoms with Crippen molar-refractivity contribution in [3.8, 4) is 67.0 Å². The van der Waals surface area contributed by atoms with Gasteiger partial charge in [-0.3, -0.25) is 0 Å². The molecule has 0 saturated carbocycles. The SMILES string of the molecule is c1ccc(-c2ccc(-c3cccc(-c4ccc(-c5ccc(-n6c7ccccc7c7ccccc76)cc5)cc4-c4ccc(-n5c6ccccc6c6ccccc65)cc4)c3)cc2)cc1. The molecule has 10 aromatic carbocycles. The van der Waals surface area contributed by atoms with Crippen LogP contribution in [0.3, 0.4) is 0 Å². The van der Waals surface area contributed by atoms with E-state index in [0.717, 1.165) is 11.4 Å². The Balaban J connectivity index is 0.962. The van der Waals surface area contributed by atoms with Gasteiger partial charge in [0.2, 0.25) is 0 Å². The molecule has 62 heavy (non-hydrogen) atoms. The Kier molecular flexibility index (Phi) is 8.53. The van der Waals surface area contributed by atoms with Gasteiger partial charge in [0, 0.05) is 32.9 Å². The highest BCUT2D eigenvalue weighted by atomic mass is 15.0. The fourth-order valence-electron chi connectivity index (χ4n) is 9.56. The largest absolute Gasteiger partial charge is 0.309 e. The van der Waals surface area contributed by atoms with Gasteiger partial charge in [-0.15, -0.1) is 0 Å². The van der Waals surface area contributed by atoms with Crippen molar-refractivity contribution >= 4 is 43.6 Å². The Hall–Kier alpha value is -8.20. The van der Waals surface area contributed by atoms with Crippen LogP contribution in [0.5, 0.6) is 0 Å². The summed E-state index contributed by atoms with van der Waals surface area (Å²) in [5.41, 5.74) is 19.1. The van der Waals surface area contributed by atoms with Crippen LogP contribution in [-0.2, 0) is 0 Å². The van der Waals surface area contributed by atoms with E-state index in [9.17, 15) is 0 Å². The highest BCUT2D eigenvalue weighted by molar-refractivity contribution is 6.10. The number of nitrogens with zero attached hydrogens (tertiary/aromatic N) is 2. The molecule has 0 unspecified atom stereocenters. The summed E-state index contributed by atoms with van der Waals surface area (Å²) in [5, 5.41) is 5.07. The van der Waals surface area contributed by atoms with Crippen LogP contribution in [-0.4, -0.2) is 9.13 Å². The number of hydrogen-bond acceptors (Lipinski definition) is 0. The van der Waals surface area contributed by atoms with Gasteiger partial charge in [-0.2, -0.15) is 0 Å². The minimum Gasteiger partial charge on any atom is -0.309 e. The summed E-state index contributed by atoms with van der Waals surface area (Å²) in [5.74, 6) is 0. The lowest BCUT2D eigenvalue weighted by Crippen LogP contribution is -1.95. The number of aromatic nitrogens is 2. The van der Waals surface area contributed by atoms with Gasteiger partial charge < -0.3 is 9.13 Å². The second-order valence-electron chi connectivity index (χ2n) is 16.1. The molecule has 0 spiro atoms. The molecule has 0 amide bonds. The highest BCUT2D eigenvalue weighted by Crippen LogP contribution is 2.40. The molecule has 12 rings (SSSR count). The van der Waals surface area contributed by atoms with Crippen molar-refractivity contribution in [3.63, 3.8) is 0 Å². The first-order valence-electron chi connectivity index (χ1n) is 21.3. The minimum atomic E-state index is 1.14. The average molecular weight is 789 g/mol. The van der Waals surface area contributed by atoms with Crippen LogP contribution < -0.4 is 0 Å². The number of hydrogen-bond donors (Lipinski definition) is 0. The monoisotopic (exact) mass is 788 g/mol. The van der Waals surface area contributed by atoms with E-state index in [-0.39, 0.29) is 0 Å². The van der Waals surface area contributed by atoms with Gasteiger partial charge in [-0.05, 0) is 116 Å². The maximum absolute atomic E-state index is 2.39. The topological polar surface area (TPSA) is 9.86 Å². The Bertz CT molecular complexity index is 3480. The van der Waals surface area contributed by atoms with Crippen molar-refractivity contribution in [3.05, 3.63) is 243 Å². The molecule has 0 aliphatic carbocycles. The van der Waals surface area contributed by atoms with E-state index in [1.165, 1.54) is 99.2 Å². The zero-order chi connectivity index (χ0) is 41.0. The summed E-state index contributed by atoms with van der Waals surface area (Å²) in [6, 6.07) is 88.4. The van der Waals surface area contributed by atoms with Crippen LogP contribution in [0.15, 0.2) is 243 Å². The first-order chi connectivity index (χ1) is 30.7. The lowest BCUT2D eigenvalue weighted by Gasteiger charge is -2.16. The van der Waals surface area contributed by atoms with Crippen molar-refractivity contribution in [1.82, 2.24) is 9.13 Å². The van der Waals surface area contributed by atoms with Gasteiger partial charge in [-0.25, -0.2) is 0 Å². The van der Waals surface area contributed by atoms with Crippen molar-refractivity contribution in [2.24, 2.45) is 0 Å². The number of rotatable bonds is 7. The fraction of sp³-hybridized carbons (Fsp3) is 0. The molecule has 290 valence electrons. The van der Waals surface area contributed by atoms with Crippen molar-refractivity contribution < 1.29 is 0 Å². The van der Waals surface area contributed by atoms with E-state index in [1.54, 1.807) is 0 Å². The van der Waals surface area contributed by atoms with Crippen LogP contribution in [0.1, 0.15) is 0 Å². The third kappa shape index (κ3) is 6.04. The molecular weight excluding hydrogens is 749 g/mol. The van der Waals surface area contributed by atoms with Crippen LogP contribution in [0.25, 0.3) is 111 Å². The van der Waals surface area contributed by atoms with Crippen molar-refractivity contribution in [2.45, 2.75) is 0 Å². The molecule has 0 atom stereocenters. The van der Waals surface area contributed by atoms with Crippen LogP contribution in [0.2, 0.25) is 0 Å². The first kappa shape index (κ1) is 35.7. The molecule has 0 aliphatic rings. The van der Waals surface area contributed by atoms with Crippen LogP contribution in [0, 0.1) is 0 Å². The zero-order valence-corrected chi connectivity index (χ0v) is 34.0. The van der Waals surface area contributed by atoms with Gasteiger partial charge in [0.05, 0.1) is 22.1 Å². The van der Waals surface area contributed by atoms with Gasteiger partial charge in [-0.1, -0.05) is 182 Å². The molecule has 0 fully saturated rings. The van der Waals surface area contributed by atoms with Crippen LogP contribution in [0.4, 0.5) is 0 Å². The highest BCUT2D eigenvalue weighted by Gasteiger charge is 2.16. The maximum Gasteiger partial charge on any atom is 0.0541 e. The first-order valence-corrected chi connectivity index (χ1v) is 21.3. The summed E-state index contributed by atoms with van der Waals surface area (Å²) in [6.07, 6.45) is 0. The van der Waals surface area contributed by atoms with E-state index < -0.39 is 0 Å². The molecule has 12 aromatic rings. The predicted molar refractivity (Wildman–Crippen MR) is 262 cm³/mol. The molecule has 2 heterocycles. The lowest BCUT2D eigenvalue weighted by atomic mass is 9.89. The van der Waals surface area contributed by atoms with Crippen molar-refractivity contribution in [1.29, 1.82) is 0 Å². The molecule has 0 bridgehead atoms. The fourth-order valence-corrected chi connectivity index (χ4v) is 9.56. The van der Waals surface area contributed by atoms with Gasteiger partial charge in [0.15, 0.2) is 0 Å². The predicted octanol–water partition coefficient (Wildman–Crippen LogP) is 16.2. The number of fused-ring (bicyclic) bond motifs is 6. The molecule has 2 nitrogen and oxygen atoms in total. The summed E-state index contributed by atoms with van der Waals surface area (Å²) >= 11 is 0. The third-order valence-electron chi connectivity index (χ3n) is 12.6. The molecule has 0 aliphatic heterocycles. The van der Waals surface area contributed by atoms with E-state index in [0.29, 0.717) is 0 Å². The summed E-state index contributed by atoms with van der Waals surface area (Å²) in [6.45, 7) is 0. The van der Waals surface area contributed by atoms with E-state index in [4.69, 9.17) is 0 Å². The standard InChI is InChI=1S/C60H40N2/c1-2-13-41(14-3-1)42-25-27-43(28-26-42)46-15-12-16-48(39-46)51-38-33-47(44-29-34-49(35-30-44)61-57-21-8-4-17-52(57)53-18-5-9-22-58(53)61)40-56(51)45-31-36-50(37-32-45)62-59-23-10-6-19-54(59)55-20-7-11-24-60(55)62/h1-40H. The Morgan fingerprint density at radius 2 is 0.532 bits per heavy atom. The molecular formula is C60H40N2. The molecule has 0 radical (unpaired) electrons. The Morgan fingerprint density at radius 1 is 0.194 bits per heavy atom. The number of para-hydroxylation sites is 4. The maximum atomic E-state index is 2.39. The second-order valence-corrected chi connectivity index (χ2v) is 16.1. The molecule has 0 saturated heterocycles.